The van der Waals surface area contributed by atoms with Crippen LogP contribution in [-0.2, 0) is 11.3 Å². The molecule has 1 aromatic carbocycles. The van der Waals surface area contributed by atoms with Crippen molar-refractivity contribution in [1.82, 2.24) is 20.9 Å². The summed E-state index contributed by atoms with van der Waals surface area (Å²) in [6.07, 6.45) is 3.23. The zero-order chi connectivity index (χ0) is 18.1. The van der Waals surface area contributed by atoms with Gasteiger partial charge in [0.1, 0.15) is 0 Å². The number of halogens is 2. The van der Waals surface area contributed by atoms with Crippen LogP contribution in [0.25, 0.3) is 0 Å². The van der Waals surface area contributed by atoms with Gasteiger partial charge in [0, 0.05) is 24.7 Å². The Morgan fingerprint density at radius 1 is 1.15 bits per heavy atom. The fourth-order valence-electron chi connectivity index (χ4n) is 2.93. The average Bonchev–Trinajstić information content (AvgIpc) is 2.64. The average molecular weight is 403 g/mol. The van der Waals surface area contributed by atoms with E-state index in [4.69, 9.17) is 11.6 Å². The molecule has 3 amide bonds. The number of carbonyl (C=O) groups excluding carboxylic acids is 2. The summed E-state index contributed by atoms with van der Waals surface area (Å²) in [6, 6.07) is 6.92. The highest BCUT2D eigenvalue weighted by molar-refractivity contribution is 6.30. The molecule has 1 aliphatic rings. The molecule has 0 spiro atoms. The normalized spacial score (nSPS) is 14.5. The Morgan fingerprint density at radius 2 is 1.81 bits per heavy atom. The van der Waals surface area contributed by atoms with E-state index in [9.17, 15) is 9.59 Å². The minimum atomic E-state index is -0.341. The van der Waals surface area contributed by atoms with Crippen molar-refractivity contribution >= 4 is 35.9 Å². The lowest BCUT2D eigenvalue weighted by atomic mass is 9.93. The summed E-state index contributed by atoms with van der Waals surface area (Å²) in [4.78, 5) is 25.8. The molecule has 1 saturated heterocycles. The first-order valence-electron chi connectivity index (χ1n) is 8.77. The summed E-state index contributed by atoms with van der Waals surface area (Å²) >= 11 is 5.82. The Kier molecular flexibility index (Phi) is 10.4. The first-order chi connectivity index (χ1) is 12.1. The molecule has 26 heavy (non-hydrogen) atoms. The second-order valence-corrected chi connectivity index (χ2v) is 6.82. The smallest absolute Gasteiger partial charge is 0.315 e. The Labute approximate surface area is 166 Å². The molecule has 8 heteroatoms. The van der Waals surface area contributed by atoms with Crippen molar-refractivity contribution in [1.29, 1.82) is 0 Å². The molecule has 1 aromatic rings. The van der Waals surface area contributed by atoms with Crippen molar-refractivity contribution in [2.24, 2.45) is 5.92 Å². The highest BCUT2D eigenvalue weighted by Crippen LogP contribution is 2.19. The van der Waals surface area contributed by atoms with Gasteiger partial charge < -0.3 is 20.9 Å². The Bertz CT molecular complexity index is 561. The predicted molar refractivity (Wildman–Crippen MR) is 107 cm³/mol. The van der Waals surface area contributed by atoms with Crippen molar-refractivity contribution < 1.29 is 9.59 Å². The maximum atomic E-state index is 12.2. The molecular formula is C18H28Cl2N4O2. The zero-order valence-electron chi connectivity index (χ0n) is 15.1. The second kappa shape index (κ2) is 12.0. The van der Waals surface area contributed by atoms with Crippen LogP contribution in [0.5, 0.6) is 0 Å². The van der Waals surface area contributed by atoms with Gasteiger partial charge in [0.15, 0.2) is 0 Å². The van der Waals surface area contributed by atoms with Gasteiger partial charge in [-0.05, 0) is 56.5 Å². The number of likely N-dealkylation sites (tertiary alicyclic amines) is 1. The molecule has 6 nitrogen and oxygen atoms in total. The van der Waals surface area contributed by atoms with E-state index in [1.807, 2.05) is 24.1 Å². The molecule has 2 rings (SSSR count). The molecule has 3 N–H and O–H groups in total. The maximum Gasteiger partial charge on any atom is 0.315 e. The van der Waals surface area contributed by atoms with Crippen molar-refractivity contribution in [3.8, 4) is 0 Å². The summed E-state index contributed by atoms with van der Waals surface area (Å²) in [5.41, 5.74) is 0.953. The quantitative estimate of drug-likeness (QED) is 0.655. The van der Waals surface area contributed by atoms with Gasteiger partial charge in [-0.15, -0.1) is 12.4 Å². The third kappa shape index (κ3) is 7.81. The number of carbonyl (C=O) groups is 2. The van der Waals surface area contributed by atoms with Gasteiger partial charge >= 0.3 is 6.03 Å². The number of hydrogen-bond acceptors (Lipinski definition) is 3. The van der Waals surface area contributed by atoms with Crippen LogP contribution in [-0.4, -0.2) is 50.1 Å². The molecule has 1 fully saturated rings. The van der Waals surface area contributed by atoms with E-state index in [0.29, 0.717) is 17.5 Å². The minimum Gasteiger partial charge on any atom is -0.341 e. The number of nitrogens with one attached hydrogen (secondary N) is 3. The largest absolute Gasteiger partial charge is 0.341 e. The van der Waals surface area contributed by atoms with Crippen molar-refractivity contribution in [3.63, 3.8) is 0 Å². The van der Waals surface area contributed by atoms with Crippen LogP contribution < -0.4 is 16.0 Å². The van der Waals surface area contributed by atoms with Gasteiger partial charge in [0.2, 0.25) is 5.91 Å². The molecule has 146 valence electrons. The number of benzene rings is 1. The fourth-order valence-corrected chi connectivity index (χ4v) is 3.06. The van der Waals surface area contributed by atoms with E-state index in [0.717, 1.165) is 44.5 Å². The molecule has 0 aliphatic carbocycles. The van der Waals surface area contributed by atoms with Crippen LogP contribution in [0, 0.1) is 5.92 Å². The van der Waals surface area contributed by atoms with Crippen LogP contribution in [0.3, 0.4) is 0 Å². The minimum absolute atomic E-state index is 0. The summed E-state index contributed by atoms with van der Waals surface area (Å²) in [5.74, 6) is 0.667. The van der Waals surface area contributed by atoms with Gasteiger partial charge in [-0.25, -0.2) is 4.79 Å². The van der Waals surface area contributed by atoms with Gasteiger partial charge in [0.25, 0.3) is 0 Å². The number of hydrogen-bond donors (Lipinski definition) is 3. The van der Waals surface area contributed by atoms with Crippen molar-refractivity contribution in [3.05, 3.63) is 34.9 Å². The Morgan fingerprint density at radius 3 is 2.42 bits per heavy atom. The number of urea groups is 1. The van der Waals surface area contributed by atoms with E-state index in [1.165, 1.54) is 0 Å². The maximum absolute atomic E-state index is 12.2. The van der Waals surface area contributed by atoms with E-state index in [2.05, 4.69) is 16.0 Å². The summed E-state index contributed by atoms with van der Waals surface area (Å²) in [7, 11) is 1.96. The lowest BCUT2D eigenvalue weighted by Gasteiger charge is -2.32. The topological polar surface area (TPSA) is 73.5 Å². The summed E-state index contributed by atoms with van der Waals surface area (Å²) < 4.78 is 0. The molecule has 0 atom stereocenters. The third-order valence-electron chi connectivity index (χ3n) is 4.54. The highest BCUT2D eigenvalue weighted by atomic mass is 35.5. The van der Waals surface area contributed by atoms with Crippen LogP contribution >= 0.6 is 24.0 Å². The van der Waals surface area contributed by atoms with E-state index < -0.39 is 0 Å². The number of nitrogens with zero attached hydrogens (tertiary/aromatic N) is 1. The second-order valence-electron chi connectivity index (χ2n) is 6.38. The molecule has 0 bridgehead atoms. The monoisotopic (exact) mass is 402 g/mol. The molecule has 1 heterocycles. The molecule has 0 unspecified atom stereocenters. The van der Waals surface area contributed by atoms with Crippen molar-refractivity contribution in [2.75, 3.05) is 33.2 Å². The van der Waals surface area contributed by atoms with Gasteiger partial charge in [0.05, 0.1) is 6.54 Å². The van der Waals surface area contributed by atoms with Gasteiger partial charge in [-0.3, -0.25) is 4.79 Å². The molecule has 0 aromatic heterocycles. The molecule has 1 aliphatic heterocycles. The first kappa shape index (κ1) is 22.5. The van der Waals surface area contributed by atoms with E-state index in [-0.39, 0.29) is 30.9 Å². The zero-order valence-corrected chi connectivity index (χ0v) is 16.7. The summed E-state index contributed by atoms with van der Waals surface area (Å²) in [6.45, 7) is 3.01. The SMILES string of the molecule is CNCCC1CCN(C(=O)CNC(=O)NCc2ccc(Cl)cc2)CC1.Cl. The standard InChI is InChI=1S/C18H27ClN4O2.ClH/c1-20-9-6-14-7-10-23(11-8-14)17(24)13-22-18(25)21-12-15-2-4-16(19)5-3-15;/h2-5,14,20H,6-13H2,1H3,(H2,21,22,25);1H. The van der Waals surface area contributed by atoms with Crippen LogP contribution in [0.15, 0.2) is 24.3 Å². The summed E-state index contributed by atoms with van der Waals surface area (Å²) in [5, 5.41) is 9.19. The first-order valence-corrected chi connectivity index (χ1v) is 9.15. The lowest BCUT2D eigenvalue weighted by Crippen LogP contribution is -2.46. The number of rotatable bonds is 7. The number of piperidine rings is 1. The van der Waals surface area contributed by atoms with Gasteiger partial charge in [-0.2, -0.15) is 0 Å². The number of amides is 3. The molecule has 0 saturated carbocycles. The fraction of sp³-hybridized carbons (Fsp3) is 0.556. The lowest BCUT2D eigenvalue weighted by molar-refractivity contribution is -0.131. The van der Waals surface area contributed by atoms with Crippen LogP contribution in [0.4, 0.5) is 4.79 Å². The Hall–Kier alpha value is -1.50. The van der Waals surface area contributed by atoms with Crippen LogP contribution in [0.2, 0.25) is 5.02 Å². The Balaban J connectivity index is 0.00000338. The highest BCUT2D eigenvalue weighted by Gasteiger charge is 2.22. The van der Waals surface area contributed by atoms with Crippen LogP contribution in [0.1, 0.15) is 24.8 Å². The predicted octanol–water partition coefficient (Wildman–Crippen LogP) is 2.41. The third-order valence-corrected chi connectivity index (χ3v) is 4.79. The van der Waals surface area contributed by atoms with Gasteiger partial charge in [-0.1, -0.05) is 23.7 Å². The van der Waals surface area contributed by atoms with E-state index >= 15 is 0 Å². The van der Waals surface area contributed by atoms with E-state index in [1.54, 1.807) is 12.1 Å². The molecule has 0 radical (unpaired) electrons. The van der Waals surface area contributed by atoms with Crippen molar-refractivity contribution in [2.45, 2.75) is 25.8 Å². The molecular weight excluding hydrogens is 375 g/mol.